The first-order chi connectivity index (χ1) is 8.93. The number of carbonyl (C=O) groups excluding carboxylic acids is 1. The van der Waals surface area contributed by atoms with E-state index in [9.17, 15) is 9.00 Å². The average Bonchev–Trinajstić information content (AvgIpc) is 2.36. The molecule has 106 valence electrons. The van der Waals surface area contributed by atoms with E-state index < -0.39 is 10.8 Å². The molecule has 0 aliphatic rings. The first kappa shape index (κ1) is 15.5. The molecular weight excluding hydrogens is 264 g/mol. The molecule has 1 amide bonds. The van der Waals surface area contributed by atoms with Crippen LogP contribution in [0.3, 0.4) is 0 Å². The smallest absolute Gasteiger partial charge is 0.225 e. The SMILES string of the molecule is COc1ccc(N)cc1NC(=O)CCS(=O)C(C)C. The Morgan fingerprint density at radius 2 is 2.16 bits per heavy atom. The number of carbonyl (C=O) groups is 1. The van der Waals surface area contributed by atoms with Gasteiger partial charge in [0.15, 0.2) is 0 Å². The van der Waals surface area contributed by atoms with E-state index in [1.807, 2.05) is 13.8 Å². The van der Waals surface area contributed by atoms with E-state index in [0.29, 0.717) is 22.9 Å². The van der Waals surface area contributed by atoms with Gasteiger partial charge in [0.25, 0.3) is 0 Å². The van der Waals surface area contributed by atoms with Crippen molar-refractivity contribution in [1.82, 2.24) is 0 Å². The number of hydrogen-bond donors (Lipinski definition) is 2. The normalized spacial score (nSPS) is 12.2. The van der Waals surface area contributed by atoms with E-state index in [1.165, 1.54) is 7.11 Å². The summed E-state index contributed by atoms with van der Waals surface area (Å²) in [6.45, 7) is 3.74. The quantitative estimate of drug-likeness (QED) is 0.780. The van der Waals surface area contributed by atoms with Gasteiger partial charge in [-0.15, -0.1) is 0 Å². The lowest BCUT2D eigenvalue weighted by molar-refractivity contribution is -0.115. The molecule has 0 fully saturated rings. The van der Waals surface area contributed by atoms with Gasteiger partial charge in [0, 0.05) is 33.9 Å². The van der Waals surface area contributed by atoms with Crippen LogP contribution in [0.15, 0.2) is 18.2 Å². The Hall–Kier alpha value is -1.56. The lowest BCUT2D eigenvalue weighted by atomic mass is 10.2. The van der Waals surface area contributed by atoms with Crippen LogP contribution in [0.1, 0.15) is 20.3 Å². The summed E-state index contributed by atoms with van der Waals surface area (Å²) in [5, 5.41) is 2.78. The Balaban J connectivity index is 2.62. The van der Waals surface area contributed by atoms with E-state index >= 15 is 0 Å². The van der Waals surface area contributed by atoms with E-state index in [-0.39, 0.29) is 17.6 Å². The van der Waals surface area contributed by atoms with Gasteiger partial charge in [-0.25, -0.2) is 0 Å². The molecule has 3 N–H and O–H groups in total. The molecule has 0 aliphatic carbocycles. The Morgan fingerprint density at radius 1 is 1.47 bits per heavy atom. The second-order valence-electron chi connectivity index (χ2n) is 4.39. The van der Waals surface area contributed by atoms with E-state index in [2.05, 4.69) is 5.32 Å². The summed E-state index contributed by atoms with van der Waals surface area (Å²) in [4.78, 5) is 11.8. The van der Waals surface area contributed by atoms with Crippen molar-refractivity contribution < 1.29 is 13.7 Å². The summed E-state index contributed by atoms with van der Waals surface area (Å²) in [6.07, 6.45) is 0.211. The number of hydrogen-bond acceptors (Lipinski definition) is 4. The maximum Gasteiger partial charge on any atom is 0.225 e. The summed E-state index contributed by atoms with van der Waals surface area (Å²) >= 11 is 0. The second kappa shape index (κ2) is 7.13. The predicted octanol–water partition coefficient (Wildman–Crippen LogP) is 1.76. The van der Waals surface area contributed by atoms with Crippen molar-refractivity contribution in [2.24, 2.45) is 0 Å². The molecule has 1 unspecified atom stereocenters. The lowest BCUT2D eigenvalue weighted by Crippen LogP contribution is -2.18. The number of anilines is 2. The van der Waals surface area contributed by atoms with Crippen molar-refractivity contribution >= 4 is 28.1 Å². The average molecular weight is 284 g/mol. The predicted molar refractivity (Wildman–Crippen MR) is 78.8 cm³/mol. The van der Waals surface area contributed by atoms with Gasteiger partial charge in [-0.05, 0) is 18.2 Å². The van der Waals surface area contributed by atoms with Crippen LogP contribution in [0, 0.1) is 0 Å². The molecule has 0 bridgehead atoms. The minimum absolute atomic E-state index is 0.0645. The van der Waals surface area contributed by atoms with Crippen LogP contribution in [-0.2, 0) is 15.6 Å². The number of ether oxygens (including phenoxy) is 1. The minimum Gasteiger partial charge on any atom is -0.495 e. The second-order valence-corrected chi connectivity index (χ2v) is 6.50. The number of nitrogens with one attached hydrogen (secondary N) is 1. The van der Waals surface area contributed by atoms with Crippen LogP contribution in [0.5, 0.6) is 5.75 Å². The molecule has 5 nitrogen and oxygen atoms in total. The van der Waals surface area contributed by atoms with Gasteiger partial charge in [0.05, 0.1) is 12.8 Å². The Bertz CT molecular complexity index is 475. The zero-order valence-corrected chi connectivity index (χ0v) is 12.3. The summed E-state index contributed by atoms with van der Waals surface area (Å²) in [5.74, 6) is 0.708. The Morgan fingerprint density at radius 3 is 2.74 bits per heavy atom. The highest BCUT2D eigenvalue weighted by Gasteiger charge is 2.11. The van der Waals surface area contributed by atoms with Crippen LogP contribution < -0.4 is 15.8 Å². The molecule has 0 radical (unpaired) electrons. The van der Waals surface area contributed by atoms with Crippen molar-refractivity contribution in [2.75, 3.05) is 23.9 Å². The standard InChI is InChI=1S/C13H20N2O3S/c1-9(2)19(17)7-6-13(16)15-11-8-10(14)4-5-12(11)18-3/h4-5,8-9H,6-7,14H2,1-3H3,(H,15,16). The fraction of sp³-hybridized carbons (Fsp3) is 0.462. The number of nitrogens with two attached hydrogens (primary N) is 1. The molecule has 0 saturated carbocycles. The van der Waals surface area contributed by atoms with Crippen LogP contribution in [0.25, 0.3) is 0 Å². The highest BCUT2D eigenvalue weighted by Crippen LogP contribution is 2.26. The molecule has 19 heavy (non-hydrogen) atoms. The van der Waals surface area contributed by atoms with Gasteiger partial charge in [-0.1, -0.05) is 13.8 Å². The summed E-state index contributed by atoms with van der Waals surface area (Å²) in [5.41, 5.74) is 6.74. The molecule has 0 heterocycles. The van der Waals surface area contributed by atoms with Gasteiger partial charge in [0.1, 0.15) is 5.75 Å². The molecule has 0 aromatic heterocycles. The van der Waals surface area contributed by atoms with Gasteiger partial charge in [0.2, 0.25) is 5.91 Å². The topological polar surface area (TPSA) is 81.4 Å². The molecule has 1 atom stereocenters. The van der Waals surface area contributed by atoms with Gasteiger partial charge >= 0.3 is 0 Å². The largest absolute Gasteiger partial charge is 0.495 e. The maximum atomic E-state index is 11.8. The molecule has 0 spiro atoms. The number of amides is 1. The number of methoxy groups -OCH3 is 1. The molecule has 0 saturated heterocycles. The van der Waals surface area contributed by atoms with Crippen molar-refractivity contribution in [3.05, 3.63) is 18.2 Å². The summed E-state index contributed by atoms with van der Waals surface area (Å²) < 4.78 is 16.7. The van der Waals surface area contributed by atoms with Gasteiger partial charge < -0.3 is 15.8 Å². The molecular formula is C13H20N2O3S. The first-order valence-electron chi connectivity index (χ1n) is 6.04. The van der Waals surface area contributed by atoms with Crippen molar-refractivity contribution in [3.8, 4) is 5.75 Å². The van der Waals surface area contributed by atoms with Crippen molar-refractivity contribution in [1.29, 1.82) is 0 Å². The summed E-state index contributed by atoms with van der Waals surface area (Å²) in [6, 6.07) is 5.02. The third-order valence-electron chi connectivity index (χ3n) is 2.55. The van der Waals surface area contributed by atoms with Crippen LogP contribution in [0.2, 0.25) is 0 Å². The number of rotatable bonds is 6. The van der Waals surface area contributed by atoms with E-state index in [1.54, 1.807) is 18.2 Å². The Labute approximate surface area is 116 Å². The molecule has 1 aromatic rings. The molecule has 1 rings (SSSR count). The van der Waals surface area contributed by atoms with Gasteiger partial charge in [-0.3, -0.25) is 9.00 Å². The minimum atomic E-state index is -0.979. The zero-order chi connectivity index (χ0) is 14.4. The summed E-state index contributed by atoms with van der Waals surface area (Å²) in [7, 11) is 0.544. The third-order valence-corrected chi connectivity index (χ3v) is 4.21. The molecule has 6 heteroatoms. The number of nitrogen functional groups attached to an aromatic ring is 1. The highest BCUT2D eigenvalue weighted by molar-refractivity contribution is 7.85. The van der Waals surface area contributed by atoms with E-state index in [4.69, 9.17) is 10.5 Å². The molecule has 0 aliphatic heterocycles. The zero-order valence-electron chi connectivity index (χ0n) is 11.4. The lowest BCUT2D eigenvalue weighted by Gasteiger charge is -2.11. The van der Waals surface area contributed by atoms with E-state index in [0.717, 1.165) is 0 Å². The third kappa shape index (κ3) is 4.90. The fourth-order valence-electron chi connectivity index (χ4n) is 1.46. The first-order valence-corrected chi connectivity index (χ1v) is 7.42. The van der Waals surface area contributed by atoms with Crippen molar-refractivity contribution in [3.63, 3.8) is 0 Å². The maximum absolute atomic E-state index is 11.8. The molecule has 1 aromatic carbocycles. The number of benzene rings is 1. The highest BCUT2D eigenvalue weighted by atomic mass is 32.2. The van der Waals surface area contributed by atoms with Crippen LogP contribution in [-0.4, -0.2) is 28.2 Å². The fourth-order valence-corrected chi connectivity index (χ4v) is 2.32. The Kier molecular flexibility index (Phi) is 5.82. The monoisotopic (exact) mass is 284 g/mol. The van der Waals surface area contributed by atoms with Gasteiger partial charge in [-0.2, -0.15) is 0 Å². The van der Waals surface area contributed by atoms with Crippen LogP contribution >= 0.6 is 0 Å². The van der Waals surface area contributed by atoms with Crippen LogP contribution in [0.4, 0.5) is 11.4 Å². The van der Waals surface area contributed by atoms with Crippen molar-refractivity contribution in [2.45, 2.75) is 25.5 Å².